The van der Waals surface area contributed by atoms with E-state index in [0.29, 0.717) is 18.7 Å². The van der Waals surface area contributed by atoms with Crippen LogP contribution in [0.2, 0.25) is 0 Å². The van der Waals surface area contributed by atoms with Gasteiger partial charge in [-0.05, 0) is 18.5 Å². The Kier molecular flexibility index (Phi) is 4.66. The molecular weight excluding hydrogens is 217 g/mol. The molecule has 1 N–H and O–H groups in total. The number of halogens is 1. The van der Waals surface area contributed by atoms with Crippen LogP contribution in [0.5, 0.6) is 0 Å². The minimum atomic E-state index is -0.417. The van der Waals surface area contributed by atoms with Gasteiger partial charge < -0.3 is 5.11 Å². The van der Waals surface area contributed by atoms with Crippen LogP contribution in [0.25, 0.3) is 0 Å². The zero-order chi connectivity index (χ0) is 13.1. The quantitative estimate of drug-likeness (QED) is 0.873. The Hall–Kier alpha value is -0.930. The molecule has 0 aliphatic heterocycles. The Morgan fingerprint density at radius 1 is 1.29 bits per heavy atom. The summed E-state index contributed by atoms with van der Waals surface area (Å²) in [5.41, 5.74) is 0.514. The van der Waals surface area contributed by atoms with E-state index in [0.717, 1.165) is 0 Å². The zero-order valence-corrected chi connectivity index (χ0v) is 11.1. The predicted molar refractivity (Wildman–Crippen MR) is 68.2 cm³/mol. The van der Waals surface area contributed by atoms with Crippen molar-refractivity contribution in [3.63, 3.8) is 0 Å². The van der Waals surface area contributed by atoms with Crippen molar-refractivity contribution in [3.05, 3.63) is 35.6 Å². The van der Waals surface area contributed by atoms with Gasteiger partial charge in [0.1, 0.15) is 5.82 Å². The number of hydrogen-bond donors (Lipinski definition) is 1. The van der Waals surface area contributed by atoms with Gasteiger partial charge in [0.05, 0.1) is 6.10 Å². The third kappa shape index (κ3) is 4.44. The van der Waals surface area contributed by atoms with Gasteiger partial charge in [0.15, 0.2) is 0 Å². The summed E-state index contributed by atoms with van der Waals surface area (Å²) < 4.78 is 13.4. The molecule has 2 nitrogen and oxygen atoms in total. The summed E-state index contributed by atoms with van der Waals surface area (Å²) >= 11 is 0. The molecule has 0 saturated heterocycles. The number of rotatable bonds is 4. The first-order valence-electron chi connectivity index (χ1n) is 5.90. The lowest BCUT2D eigenvalue weighted by Gasteiger charge is -2.29. The smallest absolute Gasteiger partial charge is 0.127 e. The highest BCUT2D eigenvalue weighted by Crippen LogP contribution is 2.20. The van der Waals surface area contributed by atoms with Crippen LogP contribution in [0.15, 0.2) is 24.3 Å². The molecule has 1 aromatic rings. The Labute approximate surface area is 103 Å². The molecule has 0 bridgehead atoms. The van der Waals surface area contributed by atoms with E-state index in [-0.39, 0.29) is 11.2 Å². The molecule has 0 saturated carbocycles. The molecule has 1 rings (SSSR count). The van der Waals surface area contributed by atoms with Crippen molar-refractivity contribution in [2.45, 2.75) is 33.4 Å². The molecule has 0 aromatic heterocycles. The van der Waals surface area contributed by atoms with Crippen LogP contribution in [0.1, 0.15) is 26.3 Å². The molecule has 0 aliphatic carbocycles. The summed E-state index contributed by atoms with van der Waals surface area (Å²) in [6, 6.07) is 6.74. The van der Waals surface area contributed by atoms with E-state index in [1.807, 2.05) is 38.8 Å². The fraction of sp³-hybridized carbons (Fsp3) is 0.571. The van der Waals surface area contributed by atoms with Gasteiger partial charge in [-0.1, -0.05) is 39.0 Å². The average molecular weight is 239 g/mol. The number of aliphatic hydroxyl groups excluding tert-OH is 1. The number of nitrogens with zero attached hydrogens (tertiary/aromatic N) is 1. The van der Waals surface area contributed by atoms with Crippen molar-refractivity contribution in [1.82, 2.24) is 4.90 Å². The number of hydrogen-bond acceptors (Lipinski definition) is 2. The van der Waals surface area contributed by atoms with Gasteiger partial charge in [-0.3, -0.25) is 4.90 Å². The molecule has 0 fully saturated rings. The summed E-state index contributed by atoms with van der Waals surface area (Å²) in [5, 5.41) is 9.97. The molecule has 0 aliphatic rings. The van der Waals surface area contributed by atoms with Crippen LogP contribution in [-0.4, -0.2) is 29.7 Å². The number of benzene rings is 1. The minimum absolute atomic E-state index is 0.149. The summed E-state index contributed by atoms with van der Waals surface area (Å²) in [7, 11) is 1.89. The Bertz CT molecular complexity index is 359. The molecule has 17 heavy (non-hydrogen) atoms. The van der Waals surface area contributed by atoms with E-state index in [1.54, 1.807) is 12.1 Å². The van der Waals surface area contributed by atoms with E-state index < -0.39 is 6.10 Å². The largest absolute Gasteiger partial charge is 0.391 e. The molecule has 3 heteroatoms. The zero-order valence-electron chi connectivity index (χ0n) is 11.1. The highest BCUT2D eigenvalue weighted by Gasteiger charge is 2.23. The maximum Gasteiger partial charge on any atom is 0.127 e. The minimum Gasteiger partial charge on any atom is -0.391 e. The lowest BCUT2D eigenvalue weighted by atomic mass is 9.89. The second-order valence-electron chi connectivity index (χ2n) is 5.67. The normalized spacial score (nSPS) is 14.1. The average Bonchev–Trinajstić information content (AvgIpc) is 2.20. The molecule has 0 radical (unpaired) electrons. The molecule has 0 heterocycles. The molecular formula is C14H22FNO. The lowest BCUT2D eigenvalue weighted by molar-refractivity contribution is 0.0331. The highest BCUT2D eigenvalue weighted by atomic mass is 19.1. The van der Waals surface area contributed by atoms with Crippen molar-refractivity contribution in [2.75, 3.05) is 13.6 Å². The summed E-state index contributed by atoms with van der Waals surface area (Å²) in [4.78, 5) is 1.94. The molecule has 96 valence electrons. The Morgan fingerprint density at radius 3 is 2.41 bits per heavy atom. The standard InChI is InChI=1S/C14H22FNO/c1-14(2,3)13(17)10-16(4)9-11-7-5-6-8-12(11)15/h5-8,13,17H,9-10H2,1-4H3. The maximum atomic E-state index is 13.4. The van der Waals surface area contributed by atoms with Crippen molar-refractivity contribution in [1.29, 1.82) is 0 Å². The van der Waals surface area contributed by atoms with E-state index in [4.69, 9.17) is 0 Å². The Morgan fingerprint density at radius 2 is 1.88 bits per heavy atom. The SMILES string of the molecule is CN(Cc1ccccc1F)CC(O)C(C)(C)C. The molecule has 1 unspecified atom stereocenters. The van der Waals surface area contributed by atoms with Crippen LogP contribution < -0.4 is 0 Å². The fourth-order valence-corrected chi connectivity index (χ4v) is 1.55. The lowest BCUT2D eigenvalue weighted by Crippen LogP contribution is -2.37. The van der Waals surface area contributed by atoms with Crippen molar-refractivity contribution >= 4 is 0 Å². The van der Waals surface area contributed by atoms with Crippen LogP contribution >= 0.6 is 0 Å². The van der Waals surface area contributed by atoms with Crippen LogP contribution in [0.4, 0.5) is 4.39 Å². The van der Waals surface area contributed by atoms with Gasteiger partial charge in [0.2, 0.25) is 0 Å². The van der Waals surface area contributed by atoms with Crippen LogP contribution in [-0.2, 0) is 6.54 Å². The third-order valence-corrected chi connectivity index (χ3v) is 2.88. The van der Waals surface area contributed by atoms with Gasteiger partial charge in [0, 0.05) is 18.7 Å². The first kappa shape index (κ1) is 14.1. The predicted octanol–water partition coefficient (Wildman–Crippen LogP) is 2.66. The number of likely N-dealkylation sites (N-methyl/N-ethyl adjacent to an activating group) is 1. The topological polar surface area (TPSA) is 23.5 Å². The molecule has 1 aromatic carbocycles. The number of aliphatic hydroxyl groups is 1. The Balaban J connectivity index is 2.56. The van der Waals surface area contributed by atoms with Crippen LogP contribution in [0.3, 0.4) is 0 Å². The maximum absolute atomic E-state index is 13.4. The summed E-state index contributed by atoms with van der Waals surface area (Å²) in [6.45, 7) is 7.04. The van der Waals surface area contributed by atoms with Crippen molar-refractivity contribution in [3.8, 4) is 0 Å². The van der Waals surface area contributed by atoms with E-state index in [2.05, 4.69) is 0 Å². The van der Waals surface area contributed by atoms with Gasteiger partial charge in [0.25, 0.3) is 0 Å². The fourth-order valence-electron chi connectivity index (χ4n) is 1.55. The van der Waals surface area contributed by atoms with E-state index in [9.17, 15) is 9.50 Å². The van der Waals surface area contributed by atoms with Crippen LogP contribution in [0, 0.1) is 11.2 Å². The van der Waals surface area contributed by atoms with Crippen molar-refractivity contribution < 1.29 is 9.50 Å². The molecule has 0 spiro atoms. The van der Waals surface area contributed by atoms with Gasteiger partial charge >= 0.3 is 0 Å². The first-order chi connectivity index (χ1) is 7.80. The third-order valence-electron chi connectivity index (χ3n) is 2.88. The monoisotopic (exact) mass is 239 g/mol. The summed E-state index contributed by atoms with van der Waals surface area (Å²) in [6.07, 6.45) is -0.417. The molecule has 0 amide bonds. The second kappa shape index (κ2) is 5.61. The molecule has 1 atom stereocenters. The van der Waals surface area contributed by atoms with E-state index >= 15 is 0 Å². The highest BCUT2D eigenvalue weighted by molar-refractivity contribution is 5.16. The summed E-state index contributed by atoms with van der Waals surface area (Å²) in [5.74, 6) is -0.190. The van der Waals surface area contributed by atoms with Gasteiger partial charge in [-0.15, -0.1) is 0 Å². The van der Waals surface area contributed by atoms with Gasteiger partial charge in [-0.2, -0.15) is 0 Å². The second-order valence-corrected chi connectivity index (χ2v) is 5.67. The first-order valence-corrected chi connectivity index (χ1v) is 5.90. The van der Waals surface area contributed by atoms with Crippen molar-refractivity contribution in [2.24, 2.45) is 5.41 Å². The van der Waals surface area contributed by atoms with E-state index in [1.165, 1.54) is 6.07 Å². The van der Waals surface area contributed by atoms with Gasteiger partial charge in [-0.25, -0.2) is 4.39 Å².